The van der Waals surface area contributed by atoms with Gasteiger partial charge in [-0.15, -0.1) is 0 Å². The minimum Gasteiger partial charge on any atom is -0.481 e. The van der Waals surface area contributed by atoms with Crippen LogP contribution in [0.15, 0.2) is 6.07 Å². The van der Waals surface area contributed by atoms with Gasteiger partial charge in [-0.1, -0.05) is 0 Å². The van der Waals surface area contributed by atoms with Gasteiger partial charge in [0.25, 0.3) is 6.43 Å². The Kier molecular flexibility index (Phi) is 2.92. The Labute approximate surface area is 77.7 Å². The Morgan fingerprint density at radius 3 is 2.64 bits per heavy atom. The monoisotopic (exact) mass is 202 g/mol. The highest BCUT2D eigenvalue weighted by molar-refractivity contribution is 5.36. The summed E-state index contributed by atoms with van der Waals surface area (Å²) in [5, 5.41) is 8.43. The molecule has 0 unspecified atom stereocenters. The molecule has 0 amide bonds. The van der Waals surface area contributed by atoms with Crippen LogP contribution in [-0.2, 0) is 0 Å². The first-order valence-corrected chi connectivity index (χ1v) is 3.52. The summed E-state index contributed by atoms with van der Waals surface area (Å²) in [7, 11) is 1.19. The maximum absolute atomic E-state index is 13.0. The molecular formula is C8H5F3N2O. The molecule has 0 spiro atoms. The van der Waals surface area contributed by atoms with Crippen molar-refractivity contribution in [2.45, 2.75) is 6.43 Å². The van der Waals surface area contributed by atoms with Crippen molar-refractivity contribution >= 4 is 0 Å². The first-order chi connectivity index (χ1) is 6.60. The van der Waals surface area contributed by atoms with Gasteiger partial charge in [-0.05, 0) is 0 Å². The first-order valence-electron chi connectivity index (χ1n) is 3.52. The SMILES string of the molecule is COc1cc(C#N)c(F)c(C(F)F)n1. The van der Waals surface area contributed by atoms with Crippen LogP contribution < -0.4 is 4.74 Å². The first kappa shape index (κ1) is 10.3. The summed E-state index contributed by atoms with van der Waals surface area (Å²) in [6.45, 7) is 0. The number of nitriles is 1. The predicted octanol–water partition coefficient (Wildman–Crippen LogP) is 2.04. The van der Waals surface area contributed by atoms with Crippen LogP contribution in [0, 0.1) is 17.1 Å². The zero-order chi connectivity index (χ0) is 10.7. The van der Waals surface area contributed by atoms with Gasteiger partial charge in [-0.2, -0.15) is 5.26 Å². The van der Waals surface area contributed by atoms with E-state index in [4.69, 9.17) is 5.26 Å². The summed E-state index contributed by atoms with van der Waals surface area (Å²) in [6.07, 6.45) is -3.07. The van der Waals surface area contributed by atoms with Crippen molar-refractivity contribution in [3.8, 4) is 11.9 Å². The number of halogens is 3. The summed E-state index contributed by atoms with van der Waals surface area (Å²) in [6, 6.07) is 2.40. The van der Waals surface area contributed by atoms with Crippen molar-refractivity contribution in [1.82, 2.24) is 4.98 Å². The highest BCUT2D eigenvalue weighted by Crippen LogP contribution is 2.25. The van der Waals surface area contributed by atoms with Crippen molar-refractivity contribution in [3.05, 3.63) is 23.1 Å². The fraction of sp³-hybridized carbons (Fsp3) is 0.250. The lowest BCUT2D eigenvalue weighted by Gasteiger charge is -2.05. The second kappa shape index (κ2) is 3.96. The van der Waals surface area contributed by atoms with Crippen LogP contribution in [0.2, 0.25) is 0 Å². The molecule has 0 aliphatic carbocycles. The third kappa shape index (κ3) is 1.76. The number of aromatic nitrogens is 1. The molecule has 0 fully saturated rings. The molecule has 0 aliphatic rings. The molecule has 6 heteroatoms. The van der Waals surface area contributed by atoms with E-state index in [1.807, 2.05) is 0 Å². The number of rotatable bonds is 2. The van der Waals surface area contributed by atoms with Gasteiger partial charge in [0.15, 0.2) is 5.82 Å². The molecule has 0 aliphatic heterocycles. The molecule has 1 aromatic heterocycles. The fourth-order valence-corrected chi connectivity index (χ4v) is 0.855. The third-order valence-electron chi connectivity index (χ3n) is 1.50. The summed E-state index contributed by atoms with van der Waals surface area (Å²) in [4.78, 5) is 3.20. The number of ether oxygens (including phenoxy) is 1. The van der Waals surface area contributed by atoms with Gasteiger partial charge in [-0.3, -0.25) is 0 Å². The quantitative estimate of drug-likeness (QED) is 0.737. The van der Waals surface area contributed by atoms with Crippen LogP contribution in [0.1, 0.15) is 17.7 Å². The van der Waals surface area contributed by atoms with Crippen molar-refractivity contribution in [2.75, 3.05) is 7.11 Å². The van der Waals surface area contributed by atoms with Crippen LogP contribution in [0.3, 0.4) is 0 Å². The molecule has 0 saturated carbocycles. The molecule has 0 saturated heterocycles. The fourth-order valence-electron chi connectivity index (χ4n) is 0.855. The molecule has 1 heterocycles. The standard InChI is InChI=1S/C8H5F3N2O/c1-14-5-2-4(3-12)6(9)7(13-5)8(10)11/h2,8H,1H3. The van der Waals surface area contributed by atoms with Crippen LogP contribution in [-0.4, -0.2) is 12.1 Å². The van der Waals surface area contributed by atoms with Crippen LogP contribution in [0.4, 0.5) is 13.2 Å². The summed E-state index contributed by atoms with van der Waals surface area (Å²) >= 11 is 0. The Morgan fingerprint density at radius 1 is 1.57 bits per heavy atom. The van der Waals surface area contributed by atoms with Gasteiger partial charge in [0.2, 0.25) is 5.88 Å². The lowest BCUT2D eigenvalue weighted by atomic mass is 10.2. The van der Waals surface area contributed by atoms with Crippen LogP contribution >= 0.6 is 0 Å². The highest BCUT2D eigenvalue weighted by atomic mass is 19.3. The van der Waals surface area contributed by atoms with E-state index < -0.39 is 23.5 Å². The zero-order valence-corrected chi connectivity index (χ0v) is 7.09. The molecule has 74 valence electrons. The van der Waals surface area contributed by atoms with Crippen LogP contribution in [0.25, 0.3) is 0 Å². The normalized spacial score (nSPS) is 10.0. The topological polar surface area (TPSA) is 45.9 Å². The lowest BCUT2D eigenvalue weighted by Crippen LogP contribution is -2.01. The van der Waals surface area contributed by atoms with E-state index in [0.29, 0.717) is 0 Å². The molecule has 1 aromatic rings. The van der Waals surface area contributed by atoms with E-state index in [0.717, 1.165) is 6.07 Å². The molecule has 0 aromatic carbocycles. The van der Waals surface area contributed by atoms with Crippen LogP contribution in [0.5, 0.6) is 5.88 Å². The van der Waals surface area contributed by atoms with Gasteiger partial charge in [0.05, 0.1) is 12.7 Å². The smallest absolute Gasteiger partial charge is 0.283 e. The van der Waals surface area contributed by atoms with Gasteiger partial charge in [0, 0.05) is 6.07 Å². The number of nitrogens with zero attached hydrogens (tertiary/aromatic N) is 2. The van der Waals surface area contributed by atoms with E-state index >= 15 is 0 Å². The van der Waals surface area contributed by atoms with Crippen molar-refractivity contribution < 1.29 is 17.9 Å². The van der Waals surface area contributed by atoms with E-state index in [9.17, 15) is 13.2 Å². The Bertz CT molecular complexity index is 387. The van der Waals surface area contributed by atoms with E-state index in [2.05, 4.69) is 9.72 Å². The van der Waals surface area contributed by atoms with E-state index in [1.54, 1.807) is 0 Å². The van der Waals surface area contributed by atoms with Crippen molar-refractivity contribution in [2.24, 2.45) is 0 Å². The van der Waals surface area contributed by atoms with Gasteiger partial charge >= 0.3 is 0 Å². The molecule has 0 atom stereocenters. The molecule has 3 nitrogen and oxygen atoms in total. The average molecular weight is 202 g/mol. The predicted molar refractivity (Wildman–Crippen MR) is 40.4 cm³/mol. The van der Waals surface area contributed by atoms with E-state index in [1.165, 1.54) is 13.2 Å². The van der Waals surface area contributed by atoms with Gasteiger partial charge in [0.1, 0.15) is 11.8 Å². The molecule has 0 radical (unpaired) electrons. The number of hydrogen-bond donors (Lipinski definition) is 0. The lowest BCUT2D eigenvalue weighted by molar-refractivity contribution is 0.139. The largest absolute Gasteiger partial charge is 0.481 e. The highest BCUT2D eigenvalue weighted by Gasteiger charge is 2.20. The number of pyridine rings is 1. The molecule has 0 N–H and O–H groups in total. The van der Waals surface area contributed by atoms with E-state index in [-0.39, 0.29) is 5.88 Å². The van der Waals surface area contributed by atoms with Gasteiger partial charge < -0.3 is 4.74 Å². The number of alkyl halides is 2. The minimum absolute atomic E-state index is 0.210. The van der Waals surface area contributed by atoms with Crippen molar-refractivity contribution in [3.63, 3.8) is 0 Å². The Morgan fingerprint density at radius 2 is 2.21 bits per heavy atom. The third-order valence-corrected chi connectivity index (χ3v) is 1.50. The maximum Gasteiger partial charge on any atom is 0.283 e. The second-order valence-electron chi connectivity index (χ2n) is 2.32. The van der Waals surface area contributed by atoms with Crippen molar-refractivity contribution in [1.29, 1.82) is 5.26 Å². The molecular weight excluding hydrogens is 197 g/mol. The molecule has 0 bridgehead atoms. The zero-order valence-electron chi connectivity index (χ0n) is 7.09. The second-order valence-corrected chi connectivity index (χ2v) is 2.32. The summed E-state index contributed by atoms with van der Waals surface area (Å²) in [5.74, 6) is -1.51. The number of methoxy groups -OCH3 is 1. The Hall–Kier alpha value is -1.77. The molecule has 14 heavy (non-hydrogen) atoms. The average Bonchev–Trinajstić information content (AvgIpc) is 2.17. The summed E-state index contributed by atoms with van der Waals surface area (Å²) < 4.78 is 41.9. The molecule has 1 rings (SSSR count). The Balaban J connectivity index is 3.36. The number of hydrogen-bond acceptors (Lipinski definition) is 3. The summed E-state index contributed by atoms with van der Waals surface area (Å²) in [5.41, 5.74) is -1.58. The maximum atomic E-state index is 13.0. The van der Waals surface area contributed by atoms with Gasteiger partial charge in [-0.25, -0.2) is 18.2 Å². The minimum atomic E-state index is -3.07.